The first-order chi connectivity index (χ1) is 8.20. The summed E-state index contributed by atoms with van der Waals surface area (Å²) in [6, 6.07) is 2.06. The van der Waals surface area contributed by atoms with Gasteiger partial charge in [-0.15, -0.1) is 11.3 Å². The van der Waals surface area contributed by atoms with Gasteiger partial charge in [-0.3, -0.25) is 4.98 Å². The van der Waals surface area contributed by atoms with Gasteiger partial charge in [0.15, 0.2) is 0 Å². The van der Waals surface area contributed by atoms with E-state index in [1.165, 1.54) is 0 Å². The van der Waals surface area contributed by atoms with E-state index in [9.17, 15) is 0 Å². The first kappa shape index (κ1) is 12.0. The summed E-state index contributed by atoms with van der Waals surface area (Å²) in [5.41, 5.74) is 11.9. The Morgan fingerprint density at radius 3 is 2.88 bits per heavy atom. The van der Waals surface area contributed by atoms with Crippen LogP contribution in [-0.4, -0.2) is 17.0 Å². The average Bonchev–Trinajstić information content (AvgIpc) is 2.81. The number of anilines is 1. The van der Waals surface area contributed by atoms with Crippen molar-refractivity contribution in [2.45, 2.75) is 20.0 Å². The fraction of sp³-hybridized carbons (Fsp3) is 0.333. The molecule has 17 heavy (non-hydrogen) atoms. The van der Waals surface area contributed by atoms with Crippen molar-refractivity contribution in [3.8, 4) is 0 Å². The fourth-order valence-corrected chi connectivity index (χ4v) is 2.28. The summed E-state index contributed by atoms with van der Waals surface area (Å²) in [6.07, 6.45) is 1.85. The molecule has 0 saturated carbocycles. The van der Waals surface area contributed by atoms with E-state index in [0.717, 1.165) is 29.2 Å². The van der Waals surface area contributed by atoms with Gasteiger partial charge in [-0.05, 0) is 13.0 Å². The Morgan fingerprint density at radius 1 is 1.41 bits per heavy atom. The van der Waals surface area contributed by atoms with Crippen molar-refractivity contribution in [1.82, 2.24) is 9.97 Å². The van der Waals surface area contributed by atoms with E-state index in [2.05, 4.69) is 26.3 Å². The number of aryl methyl sites for hydroxylation is 1. The molecule has 0 aliphatic heterocycles. The van der Waals surface area contributed by atoms with E-state index >= 15 is 0 Å². The molecule has 2 rings (SSSR count). The molecule has 0 unspecified atom stereocenters. The van der Waals surface area contributed by atoms with Crippen molar-refractivity contribution in [3.05, 3.63) is 40.1 Å². The van der Waals surface area contributed by atoms with Gasteiger partial charge in [0.1, 0.15) is 0 Å². The Hall–Kier alpha value is -1.46. The minimum atomic E-state index is 0.504. The minimum absolute atomic E-state index is 0.504. The van der Waals surface area contributed by atoms with Gasteiger partial charge in [-0.2, -0.15) is 0 Å². The van der Waals surface area contributed by atoms with Gasteiger partial charge in [0, 0.05) is 42.1 Å². The lowest BCUT2D eigenvalue weighted by Gasteiger charge is -2.21. The molecule has 0 radical (unpaired) electrons. The lowest BCUT2D eigenvalue weighted by atomic mass is 10.2. The third kappa shape index (κ3) is 2.81. The summed E-state index contributed by atoms with van der Waals surface area (Å²) in [5.74, 6) is 0. The molecule has 0 saturated heterocycles. The molecule has 0 aromatic carbocycles. The van der Waals surface area contributed by atoms with Gasteiger partial charge in [0.2, 0.25) is 0 Å². The number of thiazole rings is 1. The lowest BCUT2D eigenvalue weighted by Crippen LogP contribution is -2.19. The molecule has 0 aliphatic carbocycles. The van der Waals surface area contributed by atoms with Crippen LogP contribution in [0.3, 0.4) is 0 Å². The second-order valence-corrected chi connectivity index (χ2v) is 4.71. The van der Waals surface area contributed by atoms with Crippen molar-refractivity contribution < 1.29 is 0 Å². The monoisotopic (exact) mass is 248 g/mol. The molecule has 5 heteroatoms. The first-order valence-corrected chi connectivity index (χ1v) is 6.38. The Balaban J connectivity index is 2.23. The standard InChI is InChI=1S/C12H16N4S/c1-9-3-12(10(4-13)5-14-9)16(2)6-11-7-17-8-15-11/h3,5,7-8H,4,6,13H2,1-2H3. The smallest absolute Gasteiger partial charge is 0.0795 e. The molecule has 2 aromatic heterocycles. The summed E-state index contributed by atoms with van der Waals surface area (Å²) in [6.45, 7) is 3.28. The minimum Gasteiger partial charge on any atom is -0.368 e. The maximum absolute atomic E-state index is 5.73. The number of hydrogen-bond acceptors (Lipinski definition) is 5. The number of hydrogen-bond donors (Lipinski definition) is 1. The highest BCUT2D eigenvalue weighted by Gasteiger charge is 2.09. The molecule has 90 valence electrons. The summed E-state index contributed by atoms with van der Waals surface area (Å²) in [4.78, 5) is 10.7. The van der Waals surface area contributed by atoms with E-state index < -0.39 is 0 Å². The Kier molecular flexibility index (Phi) is 3.71. The van der Waals surface area contributed by atoms with Crippen LogP contribution < -0.4 is 10.6 Å². The number of nitrogens with two attached hydrogens (primary N) is 1. The van der Waals surface area contributed by atoms with E-state index in [-0.39, 0.29) is 0 Å². The van der Waals surface area contributed by atoms with Gasteiger partial charge < -0.3 is 10.6 Å². The summed E-state index contributed by atoms with van der Waals surface area (Å²) in [7, 11) is 2.05. The maximum atomic E-state index is 5.73. The third-order valence-electron chi connectivity index (χ3n) is 2.61. The summed E-state index contributed by atoms with van der Waals surface area (Å²) < 4.78 is 0. The molecule has 2 aromatic rings. The maximum Gasteiger partial charge on any atom is 0.0795 e. The second kappa shape index (κ2) is 5.25. The van der Waals surface area contributed by atoms with E-state index in [0.29, 0.717) is 6.54 Å². The Morgan fingerprint density at radius 2 is 2.24 bits per heavy atom. The third-order valence-corrected chi connectivity index (χ3v) is 3.25. The van der Waals surface area contributed by atoms with Gasteiger partial charge in [0.25, 0.3) is 0 Å². The molecule has 0 aliphatic rings. The van der Waals surface area contributed by atoms with Crippen LogP contribution in [-0.2, 0) is 13.1 Å². The van der Waals surface area contributed by atoms with Crippen LogP contribution in [0.1, 0.15) is 17.0 Å². The van der Waals surface area contributed by atoms with E-state index in [1.807, 2.05) is 25.7 Å². The average molecular weight is 248 g/mol. The van der Waals surface area contributed by atoms with Crippen LogP contribution in [0.4, 0.5) is 5.69 Å². The quantitative estimate of drug-likeness (QED) is 0.898. The highest BCUT2D eigenvalue weighted by Crippen LogP contribution is 2.21. The Bertz CT molecular complexity index is 481. The number of pyridine rings is 1. The normalized spacial score (nSPS) is 10.5. The predicted octanol–water partition coefficient (Wildman–Crippen LogP) is 1.94. The van der Waals surface area contributed by atoms with Crippen LogP contribution >= 0.6 is 11.3 Å². The first-order valence-electron chi connectivity index (χ1n) is 5.44. The van der Waals surface area contributed by atoms with Crippen molar-refractivity contribution in [2.24, 2.45) is 5.73 Å². The fourth-order valence-electron chi connectivity index (χ4n) is 1.73. The molecule has 0 fully saturated rings. The van der Waals surface area contributed by atoms with E-state index in [4.69, 9.17) is 5.73 Å². The zero-order chi connectivity index (χ0) is 12.3. The zero-order valence-electron chi connectivity index (χ0n) is 10.1. The molecule has 4 nitrogen and oxygen atoms in total. The topological polar surface area (TPSA) is 55.0 Å². The van der Waals surface area contributed by atoms with E-state index in [1.54, 1.807) is 11.3 Å². The number of aromatic nitrogens is 2. The number of rotatable bonds is 4. The van der Waals surface area contributed by atoms with Crippen molar-refractivity contribution >= 4 is 17.0 Å². The summed E-state index contributed by atoms with van der Waals surface area (Å²) in [5, 5.41) is 2.06. The second-order valence-electron chi connectivity index (χ2n) is 3.99. The molecular weight excluding hydrogens is 232 g/mol. The molecule has 2 N–H and O–H groups in total. The zero-order valence-corrected chi connectivity index (χ0v) is 10.9. The largest absolute Gasteiger partial charge is 0.368 e. The van der Waals surface area contributed by atoms with Crippen molar-refractivity contribution in [2.75, 3.05) is 11.9 Å². The molecule has 0 spiro atoms. The van der Waals surface area contributed by atoms with Crippen LogP contribution in [0, 0.1) is 6.92 Å². The molecule has 0 atom stereocenters. The molecule has 0 amide bonds. The van der Waals surface area contributed by atoms with Crippen LogP contribution in [0.25, 0.3) is 0 Å². The van der Waals surface area contributed by atoms with Crippen LogP contribution in [0.2, 0.25) is 0 Å². The Labute approximate surface area is 105 Å². The van der Waals surface area contributed by atoms with Gasteiger partial charge in [0.05, 0.1) is 17.7 Å². The highest BCUT2D eigenvalue weighted by atomic mass is 32.1. The molecule has 2 heterocycles. The van der Waals surface area contributed by atoms with Crippen LogP contribution in [0.15, 0.2) is 23.2 Å². The lowest BCUT2D eigenvalue weighted by molar-refractivity contribution is 0.873. The van der Waals surface area contributed by atoms with Gasteiger partial charge >= 0.3 is 0 Å². The highest BCUT2D eigenvalue weighted by molar-refractivity contribution is 7.07. The number of nitrogens with zero attached hydrogens (tertiary/aromatic N) is 3. The van der Waals surface area contributed by atoms with Crippen molar-refractivity contribution in [3.63, 3.8) is 0 Å². The molecular formula is C12H16N4S. The van der Waals surface area contributed by atoms with Gasteiger partial charge in [-0.25, -0.2) is 4.98 Å². The van der Waals surface area contributed by atoms with Gasteiger partial charge in [-0.1, -0.05) is 0 Å². The van der Waals surface area contributed by atoms with Crippen molar-refractivity contribution in [1.29, 1.82) is 0 Å². The SMILES string of the molecule is Cc1cc(N(C)Cc2cscn2)c(CN)cn1. The van der Waals surface area contributed by atoms with Crippen LogP contribution in [0.5, 0.6) is 0 Å². The summed E-state index contributed by atoms with van der Waals surface area (Å²) >= 11 is 1.62. The molecule has 0 bridgehead atoms. The predicted molar refractivity (Wildman–Crippen MR) is 71.1 cm³/mol.